The van der Waals surface area contributed by atoms with Gasteiger partial charge in [-0.3, -0.25) is 0 Å². The molecule has 100 valence electrons. The number of carbonyl (C=O) groups excluding carboxylic acids is 1. The highest BCUT2D eigenvalue weighted by atomic mass is 32.2. The standard InChI is InChI=1S/C12H13N3O2S2/c1-3-10-14-12(19-15-10)18-9-6-7(11(16)17-2)4-5-8(9)13/h4-6H,3,13H2,1-2H3. The number of methoxy groups -OCH3 is 1. The lowest BCUT2D eigenvalue weighted by Gasteiger charge is -2.05. The number of anilines is 1. The number of aromatic nitrogens is 2. The molecule has 0 radical (unpaired) electrons. The summed E-state index contributed by atoms with van der Waals surface area (Å²) in [5.74, 6) is 0.434. The van der Waals surface area contributed by atoms with Crippen molar-refractivity contribution < 1.29 is 9.53 Å². The molecule has 0 saturated heterocycles. The second-order valence-corrected chi connectivity index (χ2v) is 5.72. The van der Waals surface area contributed by atoms with Gasteiger partial charge in [0, 0.05) is 17.0 Å². The predicted molar refractivity (Wildman–Crippen MR) is 75.6 cm³/mol. The molecule has 0 amide bonds. The molecule has 0 aliphatic heterocycles. The van der Waals surface area contributed by atoms with Gasteiger partial charge in [-0.15, -0.1) is 0 Å². The van der Waals surface area contributed by atoms with Crippen molar-refractivity contribution in [1.29, 1.82) is 0 Å². The fourth-order valence-corrected chi connectivity index (χ4v) is 3.13. The maximum atomic E-state index is 11.5. The van der Waals surface area contributed by atoms with Crippen molar-refractivity contribution in [3.05, 3.63) is 29.6 Å². The number of nitrogens with two attached hydrogens (primary N) is 1. The molecule has 1 aromatic carbocycles. The van der Waals surface area contributed by atoms with E-state index in [-0.39, 0.29) is 5.97 Å². The van der Waals surface area contributed by atoms with Crippen LogP contribution < -0.4 is 5.73 Å². The number of nitrogens with zero attached hydrogens (tertiary/aromatic N) is 2. The average molecular weight is 295 g/mol. The lowest BCUT2D eigenvalue weighted by molar-refractivity contribution is 0.0600. The average Bonchev–Trinajstić information content (AvgIpc) is 2.88. The minimum atomic E-state index is -0.381. The summed E-state index contributed by atoms with van der Waals surface area (Å²) in [6.45, 7) is 2.00. The third kappa shape index (κ3) is 3.24. The first-order valence-corrected chi connectivity index (χ1v) is 7.21. The maximum Gasteiger partial charge on any atom is 0.337 e. The lowest BCUT2D eigenvalue weighted by atomic mass is 10.2. The monoisotopic (exact) mass is 295 g/mol. The molecule has 1 aromatic heterocycles. The number of aryl methyl sites for hydroxylation is 1. The molecular weight excluding hydrogens is 282 g/mol. The van der Waals surface area contributed by atoms with E-state index in [0.717, 1.165) is 21.5 Å². The van der Waals surface area contributed by atoms with Crippen LogP contribution in [0.15, 0.2) is 27.4 Å². The Morgan fingerprint density at radius 2 is 2.32 bits per heavy atom. The van der Waals surface area contributed by atoms with E-state index in [4.69, 9.17) is 5.73 Å². The highest BCUT2D eigenvalue weighted by Crippen LogP contribution is 2.33. The quantitative estimate of drug-likeness (QED) is 0.690. The van der Waals surface area contributed by atoms with Crippen molar-refractivity contribution in [3.63, 3.8) is 0 Å². The summed E-state index contributed by atoms with van der Waals surface area (Å²) in [5.41, 5.74) is 6.98. The normalized spacial score (nSPS) is 10.4. The molecule has 0 spiro atoms. The third-order valence-corrected chi connectivity index (χ3v) is 4.26. The van der Waals surface area contributed by atoms with E-state index < -0.39 is 0 Å². The molecule has 2 aromatic rings. The number of carbonyl (C=O) groups is 1. The minimum absolute atomic E-state index is 0.381. The summed E-state index contributed by atoms with van der Waals surface area (Å²) < 4.78 is 9.71. The molecule has 0 bridgehead atoms. The van der Waals surface area contributed by atoms with Gasteiger partial charge in [-0.2, -0.15) is 4.37 Å². The van der Waals surface area contributed by atoms with Crippen molar-refractivity contribution in [2.24, 2.45) is 0 Å². The summed E-state index contributed by atoms with van der Waals surface area (Å²) in [6.07, 6.45) is 0.800. The van der Waals surface area contributed by atoms with E-state index in [9.17, 15) is 4.79 Å². The van der Waals surface area contributed by atoms with E-state index >= 15 is 0 Å². The Morgan fingerprint density at radius 3 is 2.95 bits per heavy atom. The van der Waals surface area contributed by atoms with Crippen LogP contribution in [0.2, 0.25) is 0 Å². The molecule has 2 N–H and O–H groups in total. The van der Waals surface area contributed by atoms with Gasteiger partial charge < -0.3 is 10.5 Å². The van der Waals surface area contributed by atoms with Crippen LogP contribution in [-0.2, 0) is 11.2 Å². The maximum absolute atomic E-state index is 11.5. The summed E-state index contributed by atoms with van der Waals surface area (Å²) in [4.78, 5) is 16.6. The predicted octanol–water partition coefficient (Wildman–Crippen LogP) is 2.62. The lowest BCUT2D eigenvalue weighted by Crippen LogP contribution is -2.02. The molecule has 7 heteroatoms. The number of benzene rings is 1. The Kier molecular flexibility index (Phi) is 4.39. The van der Waals surface area contributed by atoms with E-state index in [1.807, 2.05) is 6.92 Å². The highest BCUT2D eigenvalue weighted by molar-refractivity contribution is 8.01. The summed E-state index contributed by atoms with van der Waals surface area (Å²) in [5, 5.41) is 0. The minimum Gasteiger partial charge on any atom is -0.465 e. The SMILES string of the molecule is CCc1nsc(Sc2cc(C(=O)OC)ccc2N)n1. The second kappa shape index (κ2) is 6.03. The van der Waals surface area contributed by atoms with Crippen LogP contribution in [0.25, 0.3) is 0 Å². The van der Waals surface area contributed by atoms with Crippen molar-refractivity contribution >= 4 is 35.0 Å². The van der Waals surface area contributed by atoms with E-state index in [1.54, 1.807) is 18.2 Å². The summed E-state index contributed by atoms with van der Waals surface area (Å²) in [7, 11) is 1.35. The van der Waals surface area contributed by atoms with Crippen LogP contribution in [0.3, 0.4) is 0 Å². The van der Waals surface area contributed by atoms with Crippen LogP contribution in [0.5, 0.6) is 0 Å². The fourth-order valence-electron chi connectivity index (χ4n) is 1.38. The van der Waals surface area contributed by atoms with Crippen molar-refractivity contribution in [2.45, 2.75) is 22.6 Å². The van der Waals surface area contributed by atoms with E-state index in [0.29, 0.717) is 11.3 Å². The van der Waals surface area contributed by atoms with Gasteiger partial charge in [0.2, 0.25) is 0 Å². The van der Waals surface area contributed by atoms with Gasteiger partial charge in [0.15, 0.2) is 4.34 Å². The first-order chi connectivity index (χ1) is 9.13. The van der Waals surface area contributed by atoms with Gasteiger partial charge in [-0.1, -0.05) is 18.7 Å². The Bertz CT molecular complexity index is 598. The van der Waals surface area contributed by atoms with Gasteiger partial charge >= 0.3 is 5.97 Å². The van der Waals surface area contributed by atoms with Crippen molar-refractivity contribution in [3.8, 4) is 0 Å². The van der Waals surface area contributed by atoms with Crippen molar-refractivity contribution in [2.75, 3.05) is 12.8 Å². The number of esters is 1. The van der Waals surface area contributed by atoms with Crippen LogP contribution in [0.1, 0.15) is 23.1 Å². The number of hydrogen-bond donors (Lipinski definition) is 1. The largest absolute Gasteiger partial charge is 0.465 e. The zero-order chi connectivity index (χ0) is 13.8. The zero-order valence-corrected chi connectivity index (χ0v) is 12.2. The Labute approximate surface area is 119 Å². The molecular formula is C12H13N3O2S2. The molecule has 19 heavy (non-hydrogen) atoms. The Morgan fingerprint density at radius 1 is 1.53 bits per heavy atom. The molecule has 5 nitrogen and oxygen atoms in total. The molecule has 0 saturated carbocycles. The van der Waals surface area contributed by atoms with Crippen LogP contribution in [-0.4, -0.2) is 22.4 Å². The molecule has 0 aliphatic carbocycles. The van der Waals surface area contributed by atoms with Gasteiger partial charge in [0.05, 0.1) is 12.7 Å². The molecule has 2 rings (SSSR count). The number of rotatable bonds is 4. The topological polar surface area (TPSA) is 78.1 Å². The smallest absolute Gasteiger partial charge is 0.337 e. The molecule has 1 heterocycles. The first-order valence-electron chi connectivity index (χ1n) is 5.62. The van der Waals surface area contributed by atoms with E-state index in [1.165, 1.54) is 30.4 Å². The van der Waals surface area contributed by atoms with Crippen LogP contribution in [0, 0.1) is 0 Å². The first kappa shape index (κ1) is 13.8. The van der Waals surface area contributed by atoms with Gasteiger partial charge in [0.1, 0.15) is 5.82 Å². The van der Waals surface area contributed by atoms with Crippen molar-refractivity contribution in [1.82, 2.24) is 9.36 Å². The number of nitrogen functional groups attached to an aromatic ring is 1. The zero-order valence-electron chi connectivity index (χ0n) is 10.5. The Balaban J connectivity index is 2.25. The Hall–Kier alpha value is -1.60. The summed E-state index contributed by atoms with van der Waals surface area (Å²) in [6, 6.07) is 5.04. The number of ether oxygens (including phenoxy) is 1. The molecule has 0 unspecified atom stereocenters. The molecule has 0 aliphatic rings. The van der Waals surface area contributed by atoms with Gasteiger partial charge in [0.25, 0.3) is 0 Å². The van der Waals surface area contributed by atoms with Gasteiger partial charge in [-0.05, 0) is 29.7 Å². The summed E-state index contributed by atoms with van der Waals surface area (Å²) >= 11 is 2.73. The number of hydrogen-bond acceptors (Lipinski definition) is 7. The third-order valence-electron chi connectivity index (χ3n) is 2.40. The highest BCUT2D eigenvalue weighted by Gasteiger charge is 2.11. The van der Waals surface area contributed by atoms with Gasteiger partial charge in [-0.25, -0.2) is 9.78 Å². The van der Waals surface area contributed by atoms with Crippen LogP contribution >= 0.6 is 23.3 Å². The molecule has 0 atom stereocenters. The van der Waals surface area contributed by atoms with Crippen LogP contribution in [0.4, 0.5) is 5.69 Å². The second-order valence-electron chi connectivity index (χ2n) is 3.68. The fraction of sp³-hybridized carbons (Fsp3) is 0.250. The molecule has 0 fully saturated rings. The van der Waals surface area contributed by atoms with E-state index in [2.05, 4.69) is 14.1 Å².